The molecule has 1 N–H and O–H groups in total. The fourth-order valence-electron chi connectivity index (χ4n) is 4.66. The highest BCUT2D eigenvalue weighted by Crippen LogP contribution is 2.29. The van der Waals surface area contributed by atoms with Crippen LogP contribution in [0.15, 0.2) is 6.20 Å². The van der Waals surface area contributed by atoms with Crippen molar-refractivity contribution < 1.29 is 0 Å². The molecule has 4 heterocycles. The van der Waals surface area contributed by atoms with Crippen LogP contribution < -0.4 is 5.32 Å². The van der Waals surface area contributed by atoms with Gasteiger partial charge in [-0.05, 0) is 70.5 Å². The van der Waals surface area contributed by atoms with Gasteiger partial charge >= 0.3 is 0 Å². The van der Waals surface area contributed by atoms with E-state index >= 15 is 0 Å². The zero-order valence-electron chi connectivity index (χ0n) is 14.2. The third-order valence-corrected chi connectivity index (χ3v) is 5.82. The van der Waals surface area contributed by atoms with Gasteiger partial charge < -0.3 is 14.8 Å². The smallest absolute Gasteiger partial charge is 0.113 e. The molecular formula is C18H31ClN4. The molecule has 0 bridgehead atoms. The van der Waals surface area contributed by atoms with Crippen LogP contribution in [0.1, 0.15) is 56.0 Å². The Hall–Kier alpha value is -0.580. The van der Waals surface area contributed by atoms with Crippen molar-refractivity contribution >= 4 is 12.4 Å². The quantitative estimate of drug-likeness (QED) is 0.920. The molecule has 1 aromatic heterocycles. The maximum Gasteiger partial charge on any atom is 0.113 e. The van der Waals surface area contributed by atoms with Gasteiger partial charge in [0, 0.05) is 37.4 Å². The maximum absolute atomic E-state index is 4.83. The molecule has 2 saturated heterocycles. The Labute approximate surface area is 146 Å². The molecule has 3 aliphatic rings. The highest BCUT2D eigenvalue weighted by molar-refractivity contribution is 5.85. The lowest BCUT2D eigenvalue weighted by atomic mass is 9.93. The lowest BCUT2D eigenvalue weighted by Gasteiger charge is -2.36. The van der Waals surface area contributed by atoms with Crippen molar-refractivity contribution in [2.45, 2.75) is 57.4 Å². The van der Waals surface area contributed by atoms with Gasteiger partial charge in [0.25, 0.3) is 0 Å². The van der Waals surface area contributed by atoms with Gasteiger partial charge in [-0.25, -0.2) is 4.98 Å². The Kier molecular flexibility index (Phi) is 6.00. The molecule has 2 fully saturated rings. The molecular weight excluding hydrogens is 308 g/mol. The van der Waals surface area contributed by atoms with Crippen LogP contribution in [0.5, 0.6) is 0 Å². The van der Waals surface area contributed by atoms with Crippen LogP contribution >= 0.6 is 12.4 Å². The maximum atomic E-state index is 4.83. The average molecular weight is 339 g/mol. The van der Waals surface area contributed by atoms with Gasteiger partial charge in [0.1, 0.15) is 5.82 Å². The lowest BCUT2D eigenvalue weighted by molar-refractivity contribution is 0.161. The molecule has 0 radical (unpaired) electrons. The van der Waals surface area contributed by atoms with E-state index < -0.39 is 0 Å². The lowest BCUT2D eigenvalue weighted by Crippen LogP contribution is -2.42. The van der Waals surface area contributed by atoms with Crippen molar-refractivity contribution in [1.82, 2.24) is 19.8 Å². The zero-order chi connectivity index (χ0) is 14.8. The number of aryl methyl sites for hydroxylation is 1. The van der Waals surface area contributed by atoms with E-state index in [2.05, 4.69) is 21.0 Å². The molecule has 2 atom stereocenters. The van der Waals surface area contributed by atoms with Crippen LogP contribution in [0.3, 0.4) is 0 Å². The number of likely N-dealkylation sites (tertiary alicyclic amines) is 1. The van der Waals surface area contributed by atoms with Crippen molar-refractivity contribution in [3.63, 3.8) is 0 Å². The molecule has 0 aromatic carbocycles. The Bertz CT molecular complexity index is 495. The molecule has 1 aromatic rings. The molecule has 0 saturated carbocycles. The largest absolute Gasteiger partial charge is 0.332 e. The van der Waals surface area contributed by atoms with E-state index in [-0.39, 0.29) is 12.4 Å². The number of nitrogens with one attached hydrogen (secondary N) is 1. The standard InChI is InChI=1S/C18H30N4.ClH/c1-2-10-22-17(7-1)12-20-18(22)16-6-4-9-21(14-16)13-15-5-3-8-19-11-15;/h12,15-16,19H,1-11,13-14H2;1H. The van der Waals surface area contributed by atoms with Crippen LogP contribution in [0.2, 0.25) is 0 Å². The Morgan fingerprint density at radius 1 is 1.13 bits per heavy atom. The molecule has 0 amide bonds. The highest BCUT2D eigenvalue weighted by atomic mass is 35.5. The normalized spacial score (nSPS) is 28.9. The average Bonchev–Trinajstić information content (AvgIpc) is 3.00. The van der Waals surface area contributed by atoms with Gasteiger partial charge in [0.15, 0.2) is 0 Å². The summed E-state index contributed by atoms with van der Waals surface area (Å²) in [5, 5.41) is 3.56. The SMILES string of the molecule is Cl.c1nc(C2CCCN(CC3CCCNC3)C2)n2c1CCCC2. The van der Waals surface area contributed by atoms with E-state index in [9.17, 15) is 0 Å². The van der Waals surface area contributed by atoms with Crippen molar-refractivity contribution in [2.75, 3.05) is 32.7 Å². The molecule has 3 aliphatic heterocycles. The second-order valence-electron chi connectivity index (χ2n) is 7.53. The molecule has 4 rings (SSSR count). The summed E-state index contributed by atoms with van der Waals surface area (Å²) in [6.07, 6.45) is 11.5. The van der Waals surface area contributed by atoms with Crippen molar-refractivity contribution in [2.24, 2.45) is 5.92 Å². The highest BCUT2D eigenvalue weighted by Gasteiger charge is 2.28. The van der Waals surface area contributed by atoms with Gasteiger partial charge in [-0.15, -0.1) is 12.4 Å². The molecule has 2 unspecified atom stereocenters. The summed E-state index contributed by atoms with van der Waals surface area (Å²) >= 11 is 0. The summed E-state index contributed by atoms with van der Waals surface area (Å²) < 4.78 is 2.54. The van der Waals surface area contributed by atoms with Crippen LogP contribution in [0, 0.1) is 5.92 Å². The monoisotopic (exact) mass is 338 g/mol. The number of piperidine rings is 2. The summed E-state index contributed by atoms with van der Waals surface area (Å²) in [6.45, 7) is 7.46. The summed E-state index contributed by atoms with van der Waals surface area (Å²) in [4.78, 5) is 7.55. The number of imidazole rings is 1. The number of fused-ring (bicyclic) bond motifs is 1. The number of nitrogens with zero attached hydrogens (tertiary/aromatic N) is 3. The van der Waals surface area contributed by atoms with Crippen LogP contribution in [0.25, 0.3) is 0 Å². The topological polar surface area (TPSA) is 33.1 Å². The molecule has 4 nitrogen and oxygen atoms in total. The predicted octanol–water partition coefficient (Wildman–Crippen LogP) is 2.82. The van der Waals surface area contributed by atoms with Crippen molar-refractivity contribution in [3.05, 3.63) is 17.7 Å². The summed E-state index contributed by atoms with van der Waals surface area (Å²) in [6, 6.07) is 0. The first-order valence-electron chi connectivity index (χ1n) is 9.37. The zero-order valence-corrected chi connectivity index (χ0v) is 15.0. The molecule has 23 heavy (non-hydrogen) atoms. The minimum atomic E-state index is 0. The number of hydrogen-bond donors (Lipinski definition) is 1. The fourth-order valence-corrected chi connectivity index (χ4v) is 4.66. The van der Waals surface area contributed by atoms with Gasteiger partial charge in [0.2, 0.25) is 0 Å². The Balaban J connectivity index is 0.00000156. The van der Waals surface area contributed by atoms with E-state index in [0.29, 0.717) is 5.92 Å². The minimum absolute atomic E-state index is 0. The predicted molar refractivity (Wildman–Crippen MR) is 96.4 cm³/mol. The van der Waals surface area contributed by atoms with Gasteiger partial charge in [-0.2, -0.15) is 0 Å². The molecule has 0 spiro atoms. The molecule has 0 aliphatic carbocycles. The summed E-state index contributed by atoms with van der Waals surface area (Å²) in [7, 11) is 0. The van der Waals surface area contributed by atoms with Crippen LogP contribution in [0.4, 0.5) is 0 Å². The first kappa shape index (κ1) is 17.2. The first-order chi connectivity index (χ1) is 10.9. The number of hydrogen-bond acceptors (Lipinski definition) is 3. The number of halogens is 1. The van der Waals surface area contributed by atoms with E-state index in [1.165, 1.54) is 95.7 Å². The first-order valence-corrected chi connectivity index (χ1v) is 9.37. The number of aromatic nitrogens is 2. The van der Waals surface area contributed by atoms with Crippen molar-refractivity contribution in [3.8, 4) is 0 Å². The van der Waals surface area contributed by atoms with Crippen molar-refractivity contribution in [1.29, 1.82) is 0 Å². The van der Waals surface area contributed by atoms with E-state index in [4.69, 9.17) is 4.98 Å². The molecule has 5 heteroatoms. The second kappa shape index (κ2) is 8.00. The van der Waals surface area contributed by atoms with Gasteiger partial charge in [0.05, 0.1) is 0 Å². The van der Waals surface area contributed by atoms with Crippen LogP contribution in [-0.4, -0.2) is 47.2 Å². The van der Waals surface area contributed by atoms with E-state index in [0.717, 1.165) is 5.92 Å². The summed E-state index contributed by atoms with van der Waals surface area (Å²) in [5.41, 5.74) is 1.48. The Morgan fingerprint density at radius 3 is 2.96 bits per heavy atom. The number of rotatable bonds is 3. The third kappa shape index (κ3) is 3.92. The van der Waals surface area contributed by atoms with E-state index in [1.54, 1.807) is 0 Å². The van der Waals surface area contributed by atoms with Gasteiger partial charge in [-0.3, -0.25) is 0 Å². The molecule has 130 valence electrons. The second-order valence-corrected chi connectivity index (χ2v) is 7.53. The Morgan fingerprint density at radius 2 is 2.09 bits per heavy atom. The minimum Gasteiger partial charge on any atom is -0.332 e. The van der Waals surface area contributed by atoms with Crippen LogP contribution in [-0.2, 0) is 13.0 Å². The third-order valence-electron chi connectivity index (χ3n) is 5.82. The van der Waals surface area contributed by atoms with E-state index in [1.807, 2.05) is 0 Å². The summed E-state index contributed by atoms with van der Waals surface area (Å²) in [5.74, 6) is 2.92. The van der Waals surface area contributed by atoms with Gasteiger partial charge in [-0.1, -0.05) is 0 Å². The fraction of sp³-hybridized carbons (Fsp3) is 0.833.